The second-order valence-electron chi connectivity index (χ2n) is 22.5. The van der Waals surface area contributed by atoms with E-state index in [1.807, 2.05) is 24.3 Å². The van der Waals surface area contributed by atoms with Gasteiger partial charge < -0.3 is 10.2 Å². The molecule has 91 heavy (non-hydrogen) atoms. The van der Waals surface area contributed by atoms with Crippen LogP contribution in [0.25, 0.3) is 44.5 Å². The van der Waals surface area contributed by atoms with Gasteiger partial charge in [-0.15, -0.1) is 0 Å². The van der Waals surface area contributed by atoms with Crippen LogP contribution in [0.15, 0.2) is 381 Å². The van der Waals surface area contributed by atoms with E-state index in [4.69, 9.17) is 0 Å². The zero-order valence-electron chi connectivity index (χ0n) is 49.1. The molecule has 0 bridgehead atoms. The summed E-state index contributed by atoms with van der Waals surface area (Å²) in [6, 6.07) is 134. The number of anilines is 5. The van der Waals surface area contributed by atoms with Gasteiger partial charge in [-0.05, 0) is 162 Å². The van der Waals surface area contributed by atoms with Crippen molar-refractivity contribution in [2.24, 2.45) is 0 Å². The number of nitrogens with zero attached hydrogens (tertiary/aromatic N) is 1. The molecule has 2 aliphatic carbocycles. The van der Waals surface area contributed by atoms with Crippen molar-refractivity contribution in [2.75, 3.05) is 10.2 Å². The van der Waals surface area contributed by atoms with Crippen molar-refractivity contribution in [2.45, 2.75) is 25.7 Å². The summed E-state index contributed by atoms with van der Waals surface area (Å²) in [5, 5.41) is 3.38. The Labute approximate surface area is 546 Å². The summed E-state index contributed by atoms with van der Waals surface area (Å²) in [6.45, 7) is 0. The summed E-state index contributed by atoms with van der Waals surface area (Å²) in [6.07, 6.45) is 0. The molecule has 440 valence electrons. The fourth-order valence-corrected chi connectivity index (χ4v) is 13.8. The lowest BCUT2D eigenvalue weighted by molar-refractivity contribution is 0.768. The zero-order chi connectivity index (χ0) is 59.8. The van der Waals surface area contributed by atoms with E-state index in [-0.39, 0.29) is 20.3 Å². The molecule has 0 aliphatic heterocycles. The molecule has 3 heteroatoms. The Morgan fingerprint density at radius 3 is 0.857 bits per heavy atom. The van der Waals surface area contributed by atoms with E-state index in [1.54, 1.807) is 0 Å². The van der Waals surface area contributed by atoms with Crippen LogP contribution in [0.5, 0.6) is 0 Å². The molecule has 2 nitrogen and oxygen atoms in total. The number of rotatable bonds is 11. The van der Waals surface area contributed by atoms with Crippen LogP contribution in [0.1, 0.15) is 59.4 Å². The molecule has 0 saturated carbocycles. The third-order valence-corrected chi connectivity index (χ3v) is 18.0. The highest BCUT2D eigenvalue weighted by Crippen LogP contribution is 2.58. The van der Waals surface area contributed by atoms with Crippen molar-refractivity contribution < 1.29 is 0 Å². The summed E-state index contributed by atoms with van der Waals surface area (Å²) in [5.41, 5.74) is 25.6. The molecule has 1 N–H and O–H groups in total. The van der Waals surface area contributed by atoms with E-state index in [1.165, 1.54) is 89.0 Å². The van der Waals surface area contributed by atoms with E-state index in [9.17, 15) is 0 Å². The standard InChI is InChI=1S/C43H31N.C25H17Br.C18H15N.2CH4/c1-4-14-32(15-5-1)33-24-28-37(29-25-33)44(36-18-8-3-9-19-36)38-30-26-35(27-31-38)43(34-16-6-2-7-17-34)41-22-12-10-20-39(41)40-21-11-13-23-42(40)43;26-20-16-14-19(15-17-20)25(18-8-2-1-3-9-18)23-12-6-4-10-21(23)22-11-5-7-13-24(22)25;1-3-7-15(8-4-1)16-11-13-18(14-12-16)19-17-9-5-2-6-10-17;;/h1-31H;1-17H;1-14,19H;2*1H4. The number of para-hydroxylation sites is 2. The first-order valence-corrected chi connectivity index (χ1v) is 31.2. The van der Waals surface area contributed by atoms with Crippen LogP contribution >= 0.6 is 15.9 Å². The lowest BCUT2D eigenvalue weighted by atomic mass is 9.68. The van der Waals surface area contributed by atoms with Crippen LogP contribution in [0, 0.1) is 0 Å². The lowest BCUT2D eigenvalue weighted by Crippen LogP contribution is -2.28. The quantitative estimate of drug-likeness (QED) is 0.139. The first-order chi connectivity index (χ1) is 44.1. The van der Waals surface area contributed by atoms with E-state index < -0.39 is 5.41 Å². The van der Waals surface area contributed by atoms with Crippen LogP contribution in [0.4, 0.5) is 28.4 Å². The van der Waals surface area contributed by atoms with Gasteiger partial charge in [-0.3, -0.25) is 0 Å². The number of hydrogen-bond donors (Lipinski definition) is 1. The number of halogens is 1. The number of benzene rings is 14. The summed E-state index contributed by atoms with van der Waals surface area (Å²) in [4.78, 5) is 2.34. The summed E-state index contributed by atoms with van der Waals surface area (Å²) < 4.78 is 1.10. The van der Waals surface area contributed by atoms with Crippen LogP contribution in [-0.2, 0) is 10.8 Å². The van der Waals surface area contributed by atoms with Gasteiger partial charge >= 0.3 is 0 Å². The highest BCUT2D eigenvalue weighted by atomic mass is 79.9. The molecular formula is C88H71BrN2. The normalized spacial score (nSPS) is 12.2. The van der Waals surface area contributed by atoms with E-state index in [0.717, 1.165) is 32.9 Å². The topological polar surface area (TPSA) is 15.3 Å². The minimum atomic E-state index is -0.401. The van der Waals surface area contributed by atoms with Crippen molar-refractivity contribution in [3.63, 3.8) is 0 Å². The maximum absolute atomic E-state index is 3.59. The van der Waals surface area contributed by atoms with E-state index in [2.05, 4.69) is 378 Å². The molecule has 0 spiro atoms. The number of fused-ring (bicyclic) bond motifs is 6. The SMILES string of the molecule is Brc1ccc(C2(c3ccccc3)c3ccccc3-c3ccccc32)cc1.C.C.c1ccc(-c2ccc(N(c3ccccc3)c3ccc(C4(c5ccccc5)c5ccccc5-c5ccccc54)cc3)cc2)cc1.c1ccc(Nc2ccc(-c3ccccc3)cc2)cc1. The third kappa shape index (κ3) is 11.6. The van der Waals surface area contributed by atoms with Crippen molar-refractivity contribution in [1.29, 1.82) is 0 Å². The van der Waals surface area contributed by atoms with Crippen molar-refractivity contribution >= 4 is 44.4 Å². The van der Waals surface area contributed by atoms with Crippen LogP contribution in [0.3, 0.4) is 0 Å². The predicted octanol–water partition coefficient (Wildman–Crippen LogP) is 24.4. The average Bonchev–Trinajstić information content (AvgIpc) is 1.57. The molecule has 0 fully saturated rings. The fraction of sp³-hybridized carbons (Fsp3) is 0.0455. The molecule has 0 amide bonds. The Hall–Kier alpha value is -10.8. The maximum atomic E-state index is 3.59. The van der Waals surface area contributed by atoms with Crippen LogP contribution < -0.4 is 10.2 Å². The van der Waals surface area contributed by atoms with Gasteiger partial charge in [0.2, 0.25) is 0 Å². The molecule has 14 aromatic carbocycles. The molecule has 16 rings (SSSR count). The predicted molar refractivity (Wildman–Crippen MR) is 390 cm³/mol. The van der Waals surface area contributed by atoms with Gasteiger partial charge in [0.1, 0.15) is 0 Å². The molecule has 0 aromatic heterocycles. The van der Waals surface area contributed by atoms with Crippen molar-refractivity contribution in [3.8, 4) is 44.5 Å². The Morgan fingerprint density at radius 2 is 0.473 bits per heavy atom. The minimum absolute atomic E-state index is 0. The Bertz CT molecular complexity index is 4540. The van der Waals surface area contributed by atoms with Gasteiger partial charge in [-0.25, -0.2) is 0 Å². The highest BCUT2D eigenvalue weighted by Gasteiger charge is 2.47. The molecule has 14 aromatic rings. The summed E-state index contributed by atoms with van der Waals surface area (Å²) in [7, 11) is 0. The average molecular weight is 1240 g/mol. The molecule has 0 radical (unpaired) electrons. The highest BCUT2D eigenvalue weighted by molar-refractivity contribution is 9.10. The lowest BCUT2D eigenvalue weighted by Gasteiger charge is -2.34. The second-order valence-corrected chi connectivity index (χ2v) is 23.4. The first-order valence-electron chi connectivity index (χ1n) is 30.4. The molecular weight excluding hydrogens is 1160 g/mol. The molecule has 2 aliphatic rings. The van der Waals surface area contributed by atoms with E-state index in [0.29, 0.717) is 0 Å². The maximum Gasteiger partial charge on any atom is 0.0713 e. The van der Waals surface area contributed by atoms with E-state index >= 15 is 0 Å². The summed E-state index contributed by atoms with van der Waals surface area (Å²) in [5.74, 6) is 0. The fourth-order valence-electron chi connectivity index (χ4n) is 13.5. The second kappa shape index (κ2) is 27.3. The van der Waals surface area contributed by atoms with Crippen molar-refractivity contribution in [1.82, 2.24) is 0 Å². The summed E-state index contributed by atoms with van der Waals surface area (Å²) >= 11 is 3.59. The van der Waals surface area contributed by atoms with Crippen LogP contribution in [0.2, 0.25) is 0 Å². The largest absolute Gasteiger partial charge is 0.356 e. The minimum Gasteiger partial charge on any atom is -0.356 e. The monoisotopic (exact) mass is 1230 g/mol. The van der Waals surface area contributed by atoms with Gasteiger partial charge in [0.25, 0.3) is 0 Å². The molecule has 0 heterocycles. The molecule has 0 atom stereocenters. The van der Waals surface area contributed by atoms with Gasteiger partial charge in [-0.1, -0.05) is 334 Å². The third-order valence-electron chi connectivity index (χ3n) is 17.5. The number of nitrogens with one attached hydrogen (secondary N) is 1. The van der Waals surface area contributed by atoms with Gasteiger partial charge in [-0.2, -0.15) is 0 Å². The van der Waals surface area contributed by atoms with Crippen molar-refractivity contribution in [3.05, 3.63) is 425 Å². The molecule has 0 unspecified atom stereocenters. The Morgan fingerprint density at radius 1 is 0.220 bits per heavy atom. The van der Waals surface area contributed by atoms with Gasteiger partial charge in [0.05, 0.1) is 10.8 Å². The van der Waals surface area contributed by atoms with Gasteiger partial charge in [0.15, 0.2) is 0 Å². The Kier molecular flexibility index (Phi) is 18.1. The van der Waals surface area contributed by atoms with Gasteiger partial charge in [0, 0.05) is 32.9 Å². The molecule has 0 saturated heterocycles. The van der Waals surface area contributed by atoms with Crippen LogP contribution in [-0.4, -0.2) is 0 Å². The first kappa shape index (κ1) is 60.4. The smallest absolute Gasteiger partial charge is 0.0713 e. The Balaban J connectivity index is 0.000000144. The number of hydrogen-bond acceptors (Lipinski definition) is 2. The zero-order valence-corrected chi connectivity index (χ0v) is 50.7.